The van der Waals surface area contributed by atoms with Gasteiger partial charge in [0.05, 0.1) is 11.8 Å². The van der Waals surface area contributed by atoms with E-state index >= 15 is 0 Å². The molecule has 1 fully saturated rings. The van der Waals surface area contributed by atoms with Crippen molar-refractivity contribution in [2.45, 2.75) is 32.3 Å². The lowest BCUT2D eigenvalue weighted by Crippen LogP contribution is -2.35. The molecule has 1 N–H and O–H groups in total. The molecule has 1 aromatic heterocycles. The number of hydrogen-bond donors (Lipinski definition) is 1. The Bertz CT molecular complexity index is 651. The van der Waals surface area contributed by atoms with Crippen molar-refractivity contribution >= 4 is 5.82 Å². The highest BCUT2D eigenvalue weighted by Gasteiger charge is 2.21. The van der Waals surface area contributed by atoms with E-state index in [1.165, 1.54) is 6.07 Å². The number of aliphatic hydroxyl groups excluding tert-OH is 1. The lowest BCUT2D eigenvalue weighted by molar-refractivity contribution is 0.194. The standard InChI is InChI=1S/C19H23FN2O/c1-14(23)18-7-4-8-19(21-18)22-11-9-15(10-12-22)13-16-5-2-3-6-17(16)20/h2-8,14-15,23H,9-13H2,1H3/t14-/m1/s1. The molecule has 0 bridgehead atoms. The molecule has 122 valence electrons. The second-order valence-electron chi connectivity index (χ2n) is 6.32. The minimum absolute atomic E-state index is 0.0961. The Kier molecular flexibility index (Phi) is 4.91. The number of benzene rings is 1. The summed E-state index contributed by atoms with van der Waals surface area (Å²) in [5.74, 6) is 1.34. The second-order valence-corrected chi connectivity index (χ2v) is 6.32. The number of rotatable bonds is 4. The van der Waals surface area contributed by atoms with Gasteiger partial charge in [-0.3, -0.25) is 0 Å². The van der Waals surface area contributed by atoms with Crippen molar-refractivity contribution in [1.82, 2.24) is 4.98 Å². The molecule has 1 aliphatic heterocycles. The maximum Gasteiger partial charge on any atom is 0.128 e. The molecule has 1 aliphatic rings. The van der Waals surface area contributed by atoms with Gasteiger partial charge in [-0.05, 0) is 55.9 Å². The van der Waals surface area contributed by atoms with Gasteiger partial charge in [-0.15, -0.1) is 0 Å². The van der Waals surface area contributed by atoms with Crippen molar-refractivity contribution in [3.8, 4) is 0 Å². The van der Waals surface area contributed by atoms with E-state index in [1.54, 1.807) is 13.0 Å². The predicted octanol–water partition coefficient (Wildman–Crippen LogP) is 3.73. The first-order chi connectivity index (χ1) is 11.1. The summed E-state index contributed by atoms with van der Waals surface area (Å²) in [6, 6.07) is 12.8. The van der Waals surface area contributed by atoms with Crippen molar-refractivity contribution in [2.24, 2.45) is 5.92 Å². The Balaban J connectivity index is 1.60. The molecule has 0 aliphatic carbocycles. The van der Waals surface area contributed by atoms with E-state index in [9.17, 15) is 9.50 Å². The van der Waals surface area contributed by atoms with Crippen LogP contribution in [-0.4, -0.2) is 23.2 Å². The number of piperidine rings is 1. The van der Waals surface area contributed by atoms with Gasteiger partial charge < -0.3 is 10.0 Å². The normalized spacial score (nSPS) is 17.3. The third-order valence-electron chi connectivity index (χ3n) is 4.59. The van der Waals surface area contributed by atoms with Crippen LogP contribution in [0.5, 0.6) is 0 Å². The van der Waals surface area contributed by atoms with Crippen LogP contribution in [-0.2, 0) is 6.42 Å². The maximum absolute atomic E-state index is 13.8. The summed E-state index contributed by atoms with van der Waals surface area (Å²) in [5, 5.41) is 9.66. The molecule has 4 heteroatoms. The largest absolute Gasteiger partial charge is 0.387 e. The van der Waals surface area contributed by atoms with E-state index < -0.39 is 6.10 Å². The SMILES string of the molecule is C[C@@H](O)c1cccc(N2CCC(Cc3ccccc3F)CC2)n1. The van der Waals surface area contributed by atoms with Crippen molar-refractivity contribution in [1.29, 1.82) is 0 Å². The molecule has 1 saturated heterocycles. The molecule has 0 radical (unpaired) electrons. The molecule has 23 heavy (non-hydrogen) atoms. The molecular weight excluding hydrogens is 291 g/mol. The van der Waals surface area contributed by atoms with Gasteiger partial charge in [-0.25, -0.2) is 9.37 Å². The van der Waals surface area contributed by atoms with Crippen molar-refractivity contribution in [3.05, 3.63) is 59.5 Å². The first-order valence-electron chi connectivity index (χ1n) is 8.27. The molecule has 0 amide bonds. The fourth-order valence-electron chi connectivity index (χ4n) is 3.19. The van der Waals surface area contributed by atoms with Crippen LogP contribution in [0.25, 0.3) is 0 Å². The minimum atomic E-state index is -0.548. The second kappa shape index (κ2) is 7.09. The zero-order chi connectivity index (χ0) is 16.2. The highest BCUT2D eigenvalue weighted by molar-refractivity contribution is 5.40. The van der Waals surface area contributed by atoms with Crippen LogP contribution < -0.4 is 4.90 Å². The topological polar surface area (TPSA) is 36.4 Å². The number of anilines is 1. The van der Waals surface area contributed by atoms with Crippen LogP contribution in [0.4, 0.5) is 10.2 Å². The van der Waals surface area contributed by atoms with E-state index in [-0.39, 0.29) is 5.82 Å². The van der Waals surface area contributed by atoms with Gasteiger partial charge in [-0.1, -0.05) is 24.3 Å². The molecular formula is C19H23FN2O. The third kappa shape index (κ3) is 3.88. The van der Waals surface area contributed by atoms with Crippen LogP contribution in [0.1, 0.15) is 37.1 Å². The predicted molar refractivity (Wildman–Crippen MR) is 89.9 cm³/mol. The summed E-state index contributed by atoms with van der Waals surface area (Å²) in [5.41, 5.74) is 1.52. The molecule has 2 aromatic rings. The molecule has 3 rings (SSSR count). The maximum atomic E-state index is 13.8. The monoisotopic (exact) mass is 314 g/mol. The van der Waals surface area contributed by atoms with Crippen LogP contribution in [0.15, 0.2) is 42.5 Å². The molecule has 0 spiro atoms. The van der Waals surface area contributed by atoms with E-state index in [0.29, 0.717) is 11.6 Å². The number of halogens is 1. The smallest absolute Gasteiger partial charge is 0.128 e. The Morgan fingerprint density at radius 2 is 1.91 bits per heavy atom. The van der Waals surface area contributed by atoms with E-state index in [4.69, 9.17) is 0 Å². The Morgan fingerprint density at radius 1 is 1.17 bits per heavy atom. The summed E-state index contributed by atoms with van der Waals surface area (Å²) < 4.78 is 13.8. The summed E-state index contributed by atoms with van der Waals surface area (Å²) in [6.07, 6.45) is 2.33. The van der Waals surface area contributed by atoms with Crippen LogP contribution in [0.2, 0.25) is 0 Å². The Hall–Kier alpha value is -1.94. The zero-order valence-electron chi connectivity index (χ0n) is 13.5. The molecule has 2 heterocycles. The first kappa shape index (κ1) is 15.9. The zero-order valence-corrected chi connectivity index (χ0v) is 13.5. The van der Waals surface area contributed by atoms with Crippen molar-refractivity contribution < 1.29 is 9.50 Å². The third-order valence-corrected chi connectivity index (χ3v) is 4.59. The van der Waals surface area contributed by atoms with Gasteiger partial charge in [0.15, 0.2) is 0 Å². The van der Waals surface area contributed by atoms with Crippen LogP contribution in [0.3, 0.4) is 0 Å². The highest BCUT2D eigenvalue weighted by Crippen LogP contribution is 2.26. The van der Waals surface area contributed by atoms with Crippen LogP contribution in [0, 0.1) is 11.7 Å². The average Bonchev–Trinajstić information content (AvgIpc) is 2.58. The fourth-order valence-corrected chi connectivity index (χ4v) is 3.19. The first-order valence-corrected chi connectivity index (χ1v) is 8.27. The molecule has 3 nitrogen and oxygen atoms in total. The van der Waals surface area contributed by atoms with Crippen LogP contribution >= 0.6 is 0 Å². The highest BCUT2D eigenvalue weighted by atomic mass is 19.1. The minimum Gasteiger partial charge on any atom is -0.387 e. The molecule has 0 saturated carbocycles. The molecule has 1 atom stereocenters. The summed E-state index contributed by atoms with van der Waals surface area (Å²) in [4.78, 5) is 6.79. The molecule has 0 unspecified atom stereocenters. The van der Waals surface area contributed by atoms with Gasteiger partial charge in [0.25, 0.3) is 0 Å². The number of aromatic nitrogens is 1. The number of nitrogens with zero attached hydrogens (tertiary/aromatic N) is 2. The van der Waals surface area contributed by atoms with E-state index in [1.807, 2.05) is 30.3 Å². The fraction of sp³-hybridized carbons (Fsp3) is 0.421. The van der Waals surface area contributed by atoms with E-state index in [0.717, 1.165) is 43.7 Å². The van der Waals surface area contributed by atoms with E-state index in [2.05, 4.69) is 9.88 Å². The van der Waals surface area contributed by atoms with Gasteiger partial charge in [0.1, 0.15) is 11.6 Å². The number of aliphatic hydroxyl groups is 1. The van der Waals surface area contributed by atoms with Gasteiger partial charge >= 0.3 is 0 Å². The Morgan fingerprint density at radius 3 is 2.61 bits per heavy atom. The lowest BCUT2D eigenvalue weighted by Gasteiger charge is -2.33. The van der Waals surface area contributed by atoms with Crippen molar-refractivity contribution in [2.75, 3.05) is 18.0 Å². The average molecular weight is 314 g/mol. The quantitative estimate of drug-likeness (QED) is 0.934. The number of pyridine rings is 1. The molecule has 1 aromatic carbocycles. The Labute approximate surface area is 136 Å². The summed E-state index contributed by atoms with van der Waals surface area (Å²) >= 11 is 0. The van der Waals surface area contributed by atoms with Gasteiger partial charge in [-0.2, -0.15) is 0 Å². The number of hydrogen-bond acceptors (Lipinski definition) is 3. The van der Waals surface area contributed by atoms with Gasteiger partial charge in [0, 0.05) is 13.1 Å². The lowest BCUT2D eigenvalue weighted by atomic mass is 9.90. The summed E-state index contributed by atoms with van der Waals surface area (Å²) in [7, 11) is 0. The van der Waals surface area contributed by atoms with Gasteiger partial charge in [0.2, 0.25) is 0 Å². The summed E-state index contributed by atoms with van der Waals surface area (Å²) in [6.45, 7) is 3.58. The van der Waals surface area contributed by atoms with Crippen molar-refractivity contribution in [3.63, 3.8) is 0 Å².